The molecule has 4 aromatic rings. The zero-order valence-corrected chi connectivity index (χ0v) is 17.9. The number of hydrogen-bond donors (Lipinski definition) is 1. The number of rotatable bonds is 3. The zero-order valence-electron chi connectivity index (χ0n) is 15.5. The summed E-state index contributed by atoms with van der Waals surface area (Å²) in [6.07, 6.45) is 10.9. The standard InChI is InChI=1S/C21H17BrN4O2S/c1-21(8-2-4-16(22)11-21)29(27,28)26-13-18(17-5-3-9-23-20(17)26)14-6-7-19-15(10-14)12-24-25-19/h2-7,9-13H,8H2,1H3,(H,24,25). The normalized spacial score (nSPS) is 19.7. The summed E-state index contributed by atoms with van der Waals surface area (Å²) in [7, 11) is -3.76. The first-order chi connectivity index (χ1) is 13.9. The SMILES string of the molecule is CC1(S(=O)(=O)n2cc(-c3ccc4[nH]ncc4c3)c3cccnc32)C=C(Br)C=CC1. The van der Waals surface area contributed by atoms with Gasteiger partial charge in [0.2, 0.25) is 10.0 Å². The fourth-order valence-corrected chi connectivity index (χ4v) is 6.26. The predicted octanol–water partition coefficient (Wildman–Crippen LogP) is 4.75. The van der Waals surface area contributed by atoms with Gasteiger partial charge < -0.3 is 0 Å². The van der Waals surface area contributed by atoms with Gasteiger partial charge in [0.05, 0.1) is 11.7 Å². The molecule has 1 unspecified atom stereocenters. The van der Waals surface area contributed by atoms with Crippen LogP contribution in [-0.4, -0.2) is 32.3 Å². The van der Waals surface area contributed by atoms with Crippen molar-refractivity contribution in [3.05, 3.63) is 71.6 Å². The highest BCUT2D eigenvalue weighted by Gasteiger charge is 2.40. The number of H-pyrrole nitrogens is 1. The second-order valence-electron chi connectivity index (χ2n) is 7.34. The summed E-state index contributed by atoms with van der Waals surface area (Å²) >= 11 is 3.42. The third-order valence-corrected chi connectivity index (χ3v) is 8.13. The van der Waals surface area contributed by atoms with Gasteiger partial charge in [-0.05, 0) is 49.2 Å². The summed E-state index contributed by atoms with van der Waals surface area (Å²) in [6.45, 7) is 1.74. The number of aromatic nitrogens is 4. The van der Waals surface area contributed by atoms with E-state index >= 15 is 0 Å². The van der Waals surface area contributed by atoms with Crippen LogP contribution >= 0.6 is 15.9 Å². The van der Waals surface area contributed by atoms with E-state index in [-0.39, 0.29) is 0 Å². The monoisotopic (exact) mass is 468 g/mol. The Hall–Kier alpha value is -2.71. The molecule has 1 aliphatic rings. The number of allylic oxidation sites excluding steroid dienone is 3. The highest BCUT2D eigenvalue weighted by Crippen LogP contribution is 2.37. The Labute approximate surface area is 176 Å². The summed E-state index contributed by atoms with van der Waals surface area (Å²) in [5.41, 5.74) is 3.09. The van der Waals surface area contributed by atoms with Crippen molar-refractivity contribution in [3.8, 4) is 11.1 Å². The van der Waals surface area contributed by atoms with E-state index in [1.165, 1.54) is 3.97 Å². The molecule has 0 radical (unpaired) electrons. The number of fused-ring (bicyclic) bond motifs is 2. The minimum atomic E-state index is -3.76. The van der Waals surface area contributed by atoms with Crippen LogP contribution in [0.25, 0.3) is 33.1 Å². The van der Waals surface area contributed by atoms with Crippen LogP contribution in [0.1, 0.15) is 13.3 Å². The third-order valence-electron chi connectivity index (χ3n) is 5.37. The smallest absolute Gasteiger partial charge is 0.249 e. The van der Waals surface area contributed by atoms with Crippen LogP contribution in [0.3, 0.4) is 0 Å². The molecule has 1 atom stereocenters. The van der Waals surface area contributed by atoms with Gasteiger partial charge in [-0.1, -0.05) is 34.1 Å². The molecule has 29 heavy (non-hydrogen) atoms. The lowest BCUT2D eigenvalue weighted by Crippen LogP contribution is -2.38. The molecule has 1 aliphatic carbocycles. The van der Waals surface area contributed by atoms with E-state index in [2.05, 4.69) is 31.1 Å². The number of nitrogens with one attached hydrogen (secondary N) is 1. The number of nitrogens with zero attached hydrogens (tertiary/aromatic N) is 3. The molecule has 0 fully saturated rings. The van der Waals surface area contributed by atoms with Gasteiger partial charge in [0.15, 0.2) is 5.65 Å². The molecule has 3 aromatic heterocycles. The summed E-state index contributed by atoms with van der Waals surface area (Å²) in [5, 5.41) is 8.75. The lowest BCUT2D eigenvalue weighted by atomic mass is 10.0. The highest BCUT2D eigenvalue weighted by atomic mass is 79.9. The van der Waals surface area contributed by atoms with Crippen molar-refractivity contribution in [2.24, 2.45) is 0 Å². The molecule has 5 rings (SSSR count). The molecule has 6 nitrogen and oxygen atoms in total. The van der Waals surface area contributed by atoms with Crippen molar-refractivity contribution in [1.82, 2.24) is 19.2 Å². The Morgan fingerprint density at radius 3 is 2.97 bits per heavy atom. The second kappa shape index (κ2) is 6.40. The largest absolute Gasteiger partial charge is 0.278 e. The first kappa shape index (κ1) is 18.3. The van der Waals surface area contributed by atoms with Crippen molar-refractivity contribution in [2.45, 2.75) is 18.1 Å². The van der Waals surface area contributed by atoms with Gasteiger partial charge in [0, 0.05) is 33.2 Å². The van der Waals surface area contributed by atoms with Crippen molar-refractivity contribution < 1.29 is 8.42 Å². The maximum absolute atomic E-state index is 13.7. The van der Waals surface area contributed by atoms with Crippen LogP contribution in [0.5, 0.6) is 0 Å². The molecule has 0 spiro atoms. The van der Waals surface area contributed by atoms with Crippen molar-refractivity contribution in [1.29, 1.82) is 0 Å². The highest BCUT2D eigenvalue weighted by molar-refractivity contribution is 9.11. The maximum atomic E-state index is 13.7. The Morgan fingerprint density at radius 2 is 2.14 bits per heavy atom. The van der Waals surface area contributed by atoms with Crippen LogP contribution in [0.2, 0.25) is 0 Å². The Balaban J connectivity index is 1.75. The summed E-state index contributed by atoms with van der Waals surface area (Å²) in [5.74, 6) is 0. The van der Waals surface area contributed by atoms with Crippen LogP contribution in [0.4, 0.5) is 0 Å². The molecule has 0 amide bonds. The fraction of sp³-hybridized carbons (Fsp3) is 0.143. The molecule has 1 aromatic carbocycles. The fourth-order valence-electron chi connectivity index (χ4n) is 3.76. The zero-order chi connectivity index (χ0) is 20.2. The molecule has 3 heterocycles. The van der Waals surface area contributed by atoms with Crippen LogP contribution in [0, 0.1) is 0 Å². The van der Waals surface area contributed by atoms with Crippen molar-refractivity contribution in [2.75, 3.05) is 0 Å². The minimum Gasteiger partial charge on any atom is -0.278 e. The average molecular weight is 469 g/mol. The average Bonchev–Trinajstić information content (AvgIpc) is 3.32. The van der Waals surface area contributed by atoms with E-state index < -0.39 is 14.8 Å². The van der Waals surface area contributed by atoms with Gasteiger partial charge in [-0.15, -0.1) is 0 Å². The summed E-state index contributed by atoms with van der Waals surface area (Å²) in [6, 6.07) is 9.62. The van der Waals surface area contributed by atoms with E-state index in [1.54, 1.807) is 31.6 Å². The summed E-state index contributed by atoms with van der Waals surface area (Å²) in [4.78, 5) is 4.41. The lowest BCUT2D eigenvalue weighted by molar-refractivity contribution is 0.554. The topological polar surface area (TPSA) is 80.6 Å². The number of pyridine rings is 1. The quantitative estimate of drug-likeness (QED) is 0.470. The van der Waals surface area contributed by atoms with Gasteiger partial charge in [0.25, 0.3) is 0 Å². The molecular formula is C21H17BrN4O2S. The molecule has 0 saturated heterocycles. The molecule has 0 bridgehead atoms. The van der Waals surface area contributed by atoms with Crippen LogP contribution in [0.15, 0.2) is 71.6 Å². The van der Waals surface area contributed by atoms with E-state index in [0.29, 0.717) is 12.1 Å². The second-order valence-corrected chi connectivity index (χ2v) is 10.5. The Kier molecular flexibility index (Phi) is 4.04. The number of aromatic amines is 1. The molecule has 0 aliphatic heterocycles. The van der Waals surface area contributed by atoms with Gasteiger partial charge in [0.1, 0.15) is 4.75 Å². The molecule has 8 heteroatoms. The van der Waals surface area contributed by atoms with E-state index in [4.69, 9.17) is 0 Å². The summed E-state index contributed by atoms with van der Waals surface area (Å²) < 4.78 is 28.4. The minimum absolute atomic E-state index is 0.396. The van der Waals surface area contributed by atoms with Gasteiger partial charge in [-0.25, -0.2) is 17.4 Å². The Bertz CT molecular complexity index is 1430. The molecule has 0 saturated carbocycles. The molecule has 146 valence electrons. The van der Waals surface area contributed by atoms with Gasteiger partial charge in [-0.2, -0.15) is 5.10 Å². The predicted molar refractivity (Wildman–Crippen MR) is 118 cm³/mol. The lowest BCUT2D eigenvalue weighted by Gasteiger charge is -2.27. The third kappa shape index (κ3) is 2.78. The molecular weight excluding hydrogens is 452 g/mol. The van der Waals surface area contributed by atoms with Crippen molar-refractivity contribution in [3.63, 3.8) is 0 Å². The van der Waals surface area contributed by atoms with E-state index in [9.17, 15) is 8.42 Å². The van der Waals surface area contributed by atoms with Crippen molar-refractivity contribution >= 4 is 47.9 Å². The first-order valence-corrected chi connectivity index (χ1v) is 11.3. The van der Waals surface area contributed by atoms with E-state index in [0.717, 1.165) is 31.9 Å². The van der Waals surface area contributed by atoms with Crippen LogP contribution in [-0.2, 0) is 10.0 Å². The molecule has 1 N–H and O–H groups in total. The van der Waals surface area contributed by atoms with Gasteiger partial charge in [-0.3, -0.25) is 5.10 Å². The first-order valence-electron chi connectivity index (χ1n) is 9.09. The number of halogens is 1. The van der Waals surface area contributed by atoms with E-state index in [1.807, 2.05) is 42.5 Å². The van der Waals surface area contributed by atoms with Crippen LogP contribution < -0.4 is 0 Å². The maximum Gasteiger partial charge on any atom is 0.249 e. The van der Waals surface area contributed by atoms with Gasteiger partial charge >= 0.3 is 0 Å². The number of benzene rings is 1. The number of hydrogen-bond acceptors (Lipinski definition) is 4. The Morgan fingerprint density at radius 1 is 1.28 bits per heavy atom.